The predicted octanol–water partition coefficient (Wildman–Crippen LogP) is 0.412. The second-order valence-electron chi connectivity index (χ2n) is 2.93. The molecule has 0 aliphatic carbocycles. The number of carboxylic acids is 1. The van der Waals surface area contributed by atoms with Crippen molar-refractivity contribution in [1.29, 1.82) is 0 Å². The van der Waals surface area contributed by atoms with Gasteiger partial charge in [-0.1, -0.05) is 13.5 Å². The molecule has 5 heteroatoms. The SMILES string of the molecule is C=CC(=O)O.CCC(O)COC(C)CO. The number of ether oxygens (including phenoxy) is 1. The number of hydrogen-bond donors (Lipinski definition) is 3. The van der Waals surface area contributed by atoms with Gasteiger partial charge < -0.3 is 20.1 Å². The summed E-state index contributed by atoms with van der Waals surface area (Å²) >= 11 is 0. The zero-order chi connectivity index (χ0) is 12.3. The van der Waals surface area contributed by atoms with E-state index < -0.39 is 12.1 Å². The maximum Gasteiger partial charge on any atom is 0.327 e. The maximum atomic E-state index is 9.25. The van der Waals surface area contributed by atoms with Crippen LogP contribution in [0.25, 0.3) is 0 Å². The Morgan fingerprint density at radius 3 is 2.33 bits per heavy atom. The van der Waals surface area contributed by atoms with Crippen LogP contribution in [0, 0.1) is 0 Å². The largest absolute Gasteiger partial charge is 0.478 e. The van der Waals surface area contributed by atoms with E-state index in [1.807, 2.05) is 6.92 Å². The molecule has 0 bridgehead atoms. The first-order valence-electron chi connectivity index (χ1n) is 4.73. The molecule has 0 spiro atoms. The van der Waals surface area contributed by atoms with Gasteiger partial charge in [-0.3, -0.25) is 0 Å². The highest BCUT2D eigenvalue weighted by Crippen LogP contribution is 1.94. The van der Waals surface area contributed by atoms with E-state index >= 15 is 0 Å². The molecule has 2 atom stereocenters. The quantitative estimate of drug-likeness (QED) is 0.564. The smallest absolute Gasteiger partial charge is 0.327 e. The summed E-state index contributed by atoms with van der Waals surface area (Å²) in [5.74, 6) is -0.981. The van der Waals surface area contributed by atoms with Crippen molar-refractivity contribution < 1.29 is 24.9 Å². The summed E-state index contributed by atoms with van der Waals surface area (Å²) in [6.45, 7) is 6.94. The summed E-state index contributed by atoms with van der Waals surface area (Å²) < 4.78 is 5.04. The molecule has 0 amide bonds. The Bertz CT molecular complexity index is 159. The normalized spacial score (nSPS) is 13.3. The molecule has 0 aromatic rings. The zero-order valence-electron chi connectivity index (χ0n) is 9.22. The molecule has 90 valence electrons. The Morgan fingerprint density at radius 1 is 1.60 bits per heavy atom. The molecular formula is C10H20O5. The van der Waals surface area contributed by atoms with Crippen molar-refractivity contribution in [2.45, 2.75) is 32.5 Å². The third-order valence-electron chi connectivity index (χ3n) is 1.48. The second kappa shape index (κ2) is 11.2. The molecule has 0 aliphatic rings. The first-order valence-corrected chi connectivity index (χ1v) is 4.73. The van der Waals surface area contributed by atoms with Gasteiger partial charge in [0.2, 0.25) is 0 Å². The lowest BCUT2D eigenvalue weighted by atomic mass is 10.3. The first-order chi connectivity index (χ1) is 6.97. The van der Waals surface area contributed by atoms with Crippen molar-refractivity contribution in [2.75, 3.05) is 13.2 Å². The van der Waals surface area contributed by atoms with E-state index in [2.05, 4.69) is 6.58 Å². The van der Waals surface area contributed by atoms with Crippen molar-refractivity contribution in [3.8, 4) is 0 Å². The summed E-state index contributed by atoms with van der Waals surface area (Å²) in [7, 11) is 0. The van der Waals surface area contributed by atoms with E-state index in [1.54, 1.807) is 6.92 Å². The Labute approximate surface area is 90.0 Å². The van der Waals surface area contributed by atoms with Gasteiger partial charge in [0, 0.05) is 6.08 Å². The molecule has 0 saturated carbocycles. The lowest BCUT2D eigenvalue weighted by Gasteiger charge is -2.12. The minimum atomic E-state index is -0.981. The van der Waals surface area contributed by atoms with E-state index in [9.17, 15) is 4.79 Å². The molecule has 0 aromatic carbocycles. The van der Waals surface area contributed by atoms with E-state index in [1.165, 1.54) is 0 Å². The van der Waals surface area contributed by atoms with Gasteiger partial charge in [-0.15, -0.1) is 0 Å². The zero-order valence-corrected chi connectivity index (χ0v) is 9.22. The monoisotopic (exact) mass is 220 g/mol. The molecule has 0 fully saturated rings. The molecule has 0 saturated heterocycles. The maximum absolute atomic E-state index is 9.25. The van der Waals surface area contributed by atoms with Gasteiger partial charge >= 0.3 is 5.97 Å². The van der Waals surface area contributed by atoms with Crippen LogP contribution >= 0.6 is 0 Å². The van der Waals surface area contributed by atoms with Crippen molar-refractivity contribution in [3.05, 3.63) is 12.7 Å². The molecule has 0 rings (SSSR count). The standard InChI is InChI=1S/C7H16O3.C3H4O2/c1-3-7(9)5-10-6(2)4-8;1-2-3(4)5/h6-9H,3-5H2,1-2H3;2H,1H2,(H,4,5). The van der Waals surface area contributed by atoms with Crippen LogP contribution in [0.15, 0.2) is 12.7 Å². The molecule has 0 aliphatic heterocycles. The summed E-state index contributed by atoms with van der Waals surface area (Å²) in [6, 6.07) is 0. The highest BCUT2D eigenvalue weighted by Gasteiger charge is 2.03. The average Bonchev–Trinajstić information content (AvgIpc) is 2.25. The molecule has 2 unspecified atom stereocenters. The fourth-order valence-corrected chi connectivity index (χ4v) is 0.446. The number of aliphatic hydroxyl groups excluding tert-OH is 2. The molecule has 0 aromatic heterocycles. The van der Waals surface area contributed by atoms with Crippen LogP contribution in [0.4, 0.5) is 0 Å². The van der Waals surface area contributed by atoms with Crippen LogP contribution in [0.2, 0.25) is 0 Å². The third-order valence-corrected chi connectivity index (χ3v) is 1.48. The molecule has 15 heavy (non-hydrogen) atoms. The van der Waals surface area contributed by atoms with Crippen molar-refractivity contribution in [2.24, 2.45) is 0 Å². The number of carbonyl (C=O) groups is 1. The summed E-state index contributed by atoms with van der Waals surface area (Å²) in [4.78, 5) is 9.25. The predicted molar refractivity (Wildman–Crippen MR) is 56.6 cm³/mol. The fraction of sp³-hybridized carbons (Fsp3) is 0.700. The van der Waals surface area contributed by atoms with Gasteiger partial charge in [-0.2, -0.15) is 0 Å². The first kappa shape index (κ1) is 16.5. The average molecular weight is 220 g/mol. The molecule has 3 N–H and O–H groups in total. The fourth-order valence-electron chi connectivity index (χ4n) is 0.446. The van der Waals surface area contributed by atoms with E-state index in [0.717, 1.165) is 6.08 Å². The van der Waals surface area contributed by atoms with Crippen molar-refractivity contribution in [3.63, 3.8) is 0 Å². The highest BCUT2D eigenvalue weighted by atomic mass is 16.5. The Kier molecular flexibility index (Phi) is 12.3. The number of aliphatic hydroxyl groups is 2. The van der Waals surface area contributed by atoms with Crippen LogP contribution in [-0.4, -0.2) is 46.7 Å². The van der Waals surface area contributed by atoms with Gasteiger partial charge in [0.25, 0.3) is 0 Å². The lowest BCUT2D eigenvalue weighted by Crippen LogP contribution is -2.21. The van der Waals surface area contributed by atoms with Crippen LogP contribution in [0.1, 0.15) is 20.3 Å². The van der Waals surface area contributed by atoms with Crippen LogP contribution in [0.5, 0.6) is 0 Å². The van der Waals surface area contributed by atoms with Gasteiger partial charge in [0.1, 0.15) is 0 Å². The van der Waals surface area contributed by atoms with Gasteiger partial charge in [0.05, 0.1) is 25.4 Å². The van der Waals surface area contributed by atoms with E-state index in [4.69, 9.17) is 20.1 Å². The molecule has 5 nitrogen and oxygen atoms in total. The van der Waals surface area contributed by atoms with Gasteiger partial charge in [0.15, 0.2) is 0 Å². The van der Waals surface area contributed by atoms with Crippen LogP contribution < -0.4 is 0 Å². The highest BCUT2D eigenvalue weighted by molar-refractivity contribution is 5.78. The summed E-state index contributed by atoms with van der Waals surface area (Å²) in [6.07, 6.45) is 0.966. The second-order valence-corrected chi connectivity index (χ2v) is 2.93. The van der Waals surface area contributed by atoms with Gasteiger partial charge in [-0.05, 0) is 13.3 Å². The Hall–Kier alpha value is -0.910. The topological polar surface area (TPSA) is 87.0 Å². The number of carboxylic acid groups (broad SMARTS) is 1. The minimum Gasteiger partial charge on any atom is -0.478 e. The van der Waals surface area contributed by atoms with E-state index in [0.29, 0.717) is 13.0 Å². The molecule has 0 radical (unpaired) electrons. The van der Waals surface area contributed by atoms with Crippen molar-refractivity contribution in [1.82, 2.24) is 0 Å². The number of aliphatic carboxylic acids is 1. The third kappa shape index (κ3) is 15.8. The van der Waals surface area contributed by atoms with Crippen molar-refractivity contribution >= 4 is 5.97 Å². The minimum absolute atomic E-state index is 0.0104. The lowest BCUT2D eigenvalue weighted by molar-refractivity contribution is -0.131. The van der Waals surface area contributed by atoms with Gasteiger partial charge in [-0.25, -0.2) is 4.79 Å². The summed E-state index contributed by atoms with van der Waals surface area (Å²) in [5.41, 5.74) is 0. The number of hydrogen-bond acceptors (Lipinski definition) is 4. The Morgan fingerprint density at radius 2 is 2.07 bits per heavy atom. The van der Waals surface area contributed by atoms with E-state index in [-0.39, 0.29) is 12.7 Å². The number of rotatable bonds is 6. The van der Waals surface area contributed by atoms with Crippen LogP contribution in [0.3, 0.4) is 0 Å². The molecule has 0 heterocycles. The summed E-state index contributed by atoms with van der Waals surface area (Å²) in [5, 5.41) is 25.1. The van der Waals surface area contributed by atoms with Crippen LogP contribution in [-0.2, 0) is 9.53 Å². The molecular weight excluding hydrogens is 200 g/mol. The Balaban J connectivity index is 0.